The Bertz CT molecular complexity index is 651. The van der Waals surface area contributed by atoms with Crippen LogP contribution < -0.4 is 5.32 Å². The number of alkyl halides is 3. The number of aliphatic hydroxyl groups excluding tert-OH is 1. The second-order valence-corrected chi connectivity index (χ2v) is 6.09. The van der Waals surface area contributed by atoms with Gasteiger partial charge < -0.3 is 10.4 Å². The normalized spacial score (nSPS) is 12.1. The van der Waals surface area contributed by atoms with Gasteiger partial charge in [-0.2, -0.15) is 18.3 Å². The number of aromatic nitrogens is 3. The molecule has 0 aromatic carbocycles. The molecule has 128 valence electrons. The van der Waals surface area contributed by atoms with Crippen molar-refractivity contribution in [3.8, 4) is 0 Å². The molecule has 0 aliphatic rings. The molecule has 2 rings (SSSR count). The Morgan fingerprint density at radius 2 is 2.09 bits per heavy atom. The molecule has 2 N–H and O–H groups in total. The lowest BCUT2D eigenvalue weighted by molar-refractivity contribution is -0.140. The minimum Gasteiger partial charge on any atom is -0.394 e. The lowest BCUT2D eigenvalue weighted by Crippen LogP contribution is -2.18. The van der Waals surface area contributed by atoms with Gasteiger partial charge in [0.1, 0.15) is 0 Å². The third-order valence-corrected chi connectivity index (χ3v) is 4.41. The van der Waals surface area contributed by atoms with Gasteiger partial charge in [0.2, 0.25) is 0 Å². The summed E-state index contributed by atoms with van der Waals surface area (Å²) in [7, 11) is 0. The molecule has 0 radical (unpaired) electrons. The Balaban J connectivity index is 1.85. The molecule has 2 aromatic heterocycles. The quantitative estimate of drug-likeness (QED) is 0.754. The Kier molecular flexibility index (Phi) is 5.77. The molecule has 0 saturated heterocycles. The van der Waals surface area contributed by atoms with Crippen LogP contribution in [0.4, 0.5) is 13.2 Å². The molecule has 0 aliphatic heterocycles. The van der Waals surface area contributed by atoms with Crippen LogP contribution in [0.1, 0.15) is 27.7 Å². The van der Waals surface area contributed by atoms with Crippen LogP contribution in [0.5, 0.6) is 0 Å². The molecule has 0 bridgehead atoms. The summed E-state index contributed by atoms with van der Waals surface area (Å²) in [5.74, 6) is 0. The smallest absolute Gasteiger partial charge is 0.394 e. The number of rotatable bonds is 7. The number of hydrogen-bond acceptors (Lipinski definition) is 5. The highest BCUT2D eigenvalue weighted by atomic mass is 32.1. The standard InChI is InChI=1S/C14H19F3N4OS/c1-9-11(10(2)21(20-9)5-6-22)7-18-4-3-13-19-12(8-23-13)14(15,16)17/h8,18,22H,3-7H2,1-2H3. The molecule has 0 saturated carbocycles. The van der Waals surface area contributed by atoms with Crippen LogP contribution in [-0.4, -0.2) is 33.0 Å². The van der Waals surface area contributed by atoms with Gasteiger partial charge in [-0.1, -0.05) is 0 Å². The maximum Gasteiger partial charge on any atom is 0.434 e. The second-order valence-electron chi connectivity index (χ2n) is 5.15. The van der Waals surface area contributed by atoms with E-state index in [2.05, 4.69) is 15.4 Å². The van der Waals surface area contributed by atoms with Crippen LogP contribution in [0.3, 0.4) is 0 Å². The first-order chi connectivity index (χ1) is 10.8. The number of halogens is 3. The first-order valence-electron chi connectivity index (χ1n) is 7.19. The summed E-state index contributed by atoms with van der Waals surface area (Å²) in [6.07, 6.45) is -3.93. The van der Waals surface area contributed by atoms with Crippen molar-refractivity contribution in [2.24, 2.45) is 0 Å². The molecule has 2 heterocycles. The highest BCUT2D eigenvalue weighted by Gasteiger charge is 2.33. The van der Waals surface area contributed by atoms with Crippen molar-refractivity contribution in [3.05, 3.63) is 33.0 Å². The van der Waals surface area contributed by atoms with Crippen molar-refractivity contribution >= 4 is 11.3 Å². The van der Waals surface area contributed by atoms with Crippen molar-refractivity contribution in [2.45, 2.75) is 39.5 Å². The van der Waals surface area contributed by atoms with E-state index in [1.165, 1.54) is 0 Å². The zero-order valence-corrected chi connectivity index (χ0v) is 13.8. The van der Waals surface area contributed by atoms with E-state index in [-0.39, 0.29) is 6.61 Å². The van der Waals surface area contributed by atoms with Crippen LogP contribution in [0, 0.1) is 13.8 Å². The van der Waals surface area contributed by atoms with E-state index in [4.69, 9.17) is 5.11 Å². The number of aliphatic hydroxyl groups is 1. The molecule has 2 aromatic rings. The number of nitrogens with zero attached hydrogens (tertiary/aromatic N) is 3. The van der Waals surface area contributed by atoms with E-state index in [0.717, 1.165) is 33.7 Å². The fraction of sp³-hybridized carbons (Fsp3) is 0.571. The molecular formula is C14H19F3N4OS. The summed E-state index contributed by atoms with van der Waals surface area (Å²) in [5, 5.41) is 18.0. The van der Waals surface area contributed by atoms with E-state index in [9.17, 15) is 13.2 Å². The van der Waals surface area contributed by atoms with Gasteiger partial charge in [0, 0.05) is 36.1 Å². The van der Waals surface area contributed by atoms with Gasteiger partial charge in [0.15, 0.2) is 5.69 Å². The number of aryl methyl sites for hydroxylation is 1. The number of nitrogens with one attached hydrogen (secondary N) is 1. The molecule has 9 heteroatoms. The van der Waals surface area contributed by atoms with E-state index in [1.807, 2.05) is 13.8 Å². The third-order valence-electron chi connectivity index (χ3n) is 3.50. The predicted molar refractivity (Wildman–Crippen MR) is 81.3 cm³/mol. The van der Waals surface area contributed by atoms with Crippen LogP contribution in [-0.2, 0) is 25.7 Å². The predicted octanol–water partition coefficient (Wildman–Crippen LogP) is 2.30. The lowest BCUT2D eigenvalue weighted by Gasteiger charge is -2.05. The molecule has 0 unspecified atom stereocenters. The average molecular weight is 348 g/mol. The van der Waals surface area contributed by atoms with E-state index in [1.54, 1.807) is 4.68 Å². The lowest BCUT2D eigenvalue weighted by atomic mass is 10.2. The average Bonchev–Trinajstić information content (AvgIpc) is 3.03. The van der Waals surface area contributed by atoms with Gasteiger partial charge in [-0.3, -0.25) is 4.68 Å². The van der Waals surface area contributed by atoms with Crippen LogP contribution in [0.2, 0.25) is 0 Å². The van der Waals surface area contributed by atoms with E-state index >= 15 is 0 Å². The molecule has 0 atom stereocenters. The highest BCUT2D eigenvalue weighted by molar-refractivity contribution is 7.09. The van der Waals surface area contributed by atoms with Crippen LogP contribution >= 0.6 is 11.3 Å². The topological polar surface area (TPSA) is 63.0 Å². The van der Waals surface area contributed by atoms with Crippen LogP contribution in [0.25, 0.3) is 0 Å². The van der Waals surface area contributed by atoms with Gasteiger partial charge in [-0.15, -0.1) is 11.3 Å². The zero-order chi connectivity index (χ0) is 17.0. The summed E-state index contributed by atoms with van der Waals surface area (Å²) in [6.45, 7) is 5.43. The van der Waals surface area contributed by atoms with Gasteiger partial charge in [-0.05, 0) is 13.8 Å². The zero-order valence-electron chi connectivity index (χ0n) is 12.9. The Morgan fingerprint density at radius 1 is 1.35 bits per heavy atom. The van der Waals surface area contributed by atoms with Gasteiger partial charge in [0.25, 0.3) is 0 Å². The second kappa shape index (κ2) is 7.41. The molecule has 5 nitrogen and oxygen atoms in total. The fourth-order valence-electron chi connectivity index (χ4n) is 2.27. The Labute approximate surface area is 136 Å². The van der Waals surface area contributed by atoms with Gasteiger partial charge in [0.05, 0.1) is 23.9 Å². The van der Waals surface area contributed by atoms with Gasteiger partial charge in [-0.25, -0.2) is 4.98 Å². The Morgan fingerprint density at radius 3 is 2.70 bits per heavy atom. The first kappa shape index (κ1) is 17.9. The minimum absolute atomic E-state index is 0.0282. The molecule has 23 heavy (non-hydrogen) atoms. The summed E-state index contributed by atoms with van der Waals surface area (Å²) in [4.78, 5) is 3.60. The summed E-state index contributed by atoms with van der Waals surface area (Å²) in [5.41, 5.74) is 2.10. The first-order valence-corrected chi connectivity index (χ1v) is 8.07. The maximum atomic E-state index is 12.5. The monoisotopic (exact) mass is 348 g/mol. The van der Waals surface area contributed by atoms with Crippen molar-refractivity contribution < 1.29 is 18.3 Å². The molecule has 0 amide bonds. The molecular weight excluding hydrogens is 329 g/mol. The van der Waals surface area contributed by atoms with Crippen molar-refractivity contribution in [3.63, 3.8) is 0 Å². The number of hydrogen-bond donors (Lipinski definition) is 2. The van der Waals surface area contributed by atoms with E-state index in [0.29, 0.717) is 31.1 Å². The highest BCUT2D eigenvalue weighted by Crippen LogP contribution is 2.30. The molecule has 0 fully saturated rings. The van der Waals surface area contributed by atoms with E-state index < -0.39 is 11.9 Å². The summed E-state index contributed by atoms with van der Waals surface area (Å²) >= 11 is 1.02. The van der Waals surface area contributed by atoms with Crippen molar-refractivity contribution in [1.82, 2.24) is 20.1 Å². The third kappa shape index (κ3) is 4.52. The van der Waals surface area contributed by atoms with Gasteiger partial charge >= 0.3 is 6.18 Å². The maximum absolute atomic E-state index is 12.5. The minimum atomic E-state index is -4.38. The summed E-state index contributed by atoms with van der Waals surface area (Å²) < 4.78 is 39.2. The SMILES string of the molecule is Cc1nn(CCO)c(C)c1CNCCc1nc(C(F)(F)F)cs1. The Hall–Kier alpha value is -1.45. The fourth-order valence-corrected chi connectivity index (χ4v) is 3.07. The van der Waals surface area contributed by atoms with Crippen molar-refractivity contribution in [1.29, 1.82) is 0 Å². The van der Waals surface area contributed by atoms with Crippen molar-refractivity contribution in [2.75, 3.05) is 13.2 Å². The van der Waals surface area contributed by atoms with Crippen LogP contribution in [0.15, 0.2) is 5.38 Å². The number of thiazole rings is 1. The summed E-state index contributed by atoms with van der Waals surface area (Å²) in [6, 6.07) is 0. The molecule has 0 spiro atoms. The largest absolute Gasteiger partial charge is 0.434 e. The molecule has 0 aliphatic carbocycles.